The molecule has 1 atom stereocenters. The molecule has 4 rings (SSSR count). The van der Waals surface area contributed by atoms with Crippen molar-refractivity contribution in [1.29, 1.82) is 0 Å². The number of carbonyl (C=O) groups is 1. The predicted octanol–water partition coefficient (Wildman–Crippen LogP) is 3.55. The lowest BCUT2D eigenvalue weighted by Gasteiger charge is -2.17. The second-order valence-corrected chi connectivity index (χ2v) is 7.76. The smallest absolute Gasteiger partial charge is 0.339 e. The van der Waals surface area contributed by atoms with Crippen LogP contribution in [0.2, 0.25) is 5.02 Å². The first-order chi connectivity index (χ1) is 14.5. The number of ether oxygens (including phenoxy) is 1. The number of hydrogen-bond donors (Lipinski definition) is 2. The van der Waals surface area contributed by atoms with Gasteiger partial charge in [0.05, 0.1) is 11.1 Å². The van der Waals surface area contributed by atoms with Crippen LogP contribution in [-0.2, 0) is 17.6 Å². The molecule has 2 aromatic carbocycles. The fraction of sp³-hybridized carbons (Fsp3) is 0.304. The molecule has 156 valence electrons. The molecule has 1 amide bonds. The lowest BCUT2D eigenvalue weighted by Crippen LogP contribution is -2.32. The van der Waals surface area contributed by atoms with E-state index in [-0.39, 0.29) is 24.5 Å². The summed E-state index contributed by atoms with van der Waals surface area (Å²) >= 11 is 6.36. The third-order valence-electron chi connectivity index (χ3n) is 5.31. The molecule has 2 N–H and O–H groups in total. The number of nitrogens with one attached hydrogen (secondary N) is 1. The van der Waals surface area contributed by atoms with Gasteiger partial charge in [0, 0.05) is 23.6 Å². The Balaban J connectivity index is 1.43. The Kier molecular flexibility index (Phi) is 6.06. The minimum Gasteiger partial charge on any atom is -0.482 e. The van der Waals surface area contributed by atoms with Crippen molar-refractivity contribution < 1.29 is 19.1 Å². The zero-order valence-electron chi connectivity index (χ0n) is 16.3. The van der Waals surface area contributed by atoms with Crippen molar-refractivity contribution in [3.05, 3.63) is 74.6 Å². The number of halogens is 1. The van der Waals surface area contributed by atoms with Crippen LogP contribution >= 0.6 is 11.6 Å². The Morgan fingerprint density at radius 2 is 1.90 bits per heavy atom. The zero-order valence-corrected chi connectivity index (χ0v) is 17.1. The van der Waals surface area contributed by atoms with E-state index in [4.69, 9.17) is 20.8 Å². The monoisotopic (exact) mass is 427 g/mol. The molecular formula is C23H22ClNO5. The van der Waals surface area contributed by atoms with Gasteiger partial charge in [0.25, 0.3) is 5.91 Å². The minimum atomic E-state index is -0.806. The minimum absolute atomic E-state index is 0.0681. The highest BCUT2D eigenvalue weighted by molar-refractivity contribution is 6.32. The van der Waals surface area contributed by atoms with E-state index in [1.54, 1.807) is 24.3 Å². The predicted molar refractivity (Wildman–Crippen MR) is 114 cm³/mol. The van der Waals surface area contributed by atoms with Gasteiger partial charge in [-0.25, -0.2) is 4.79 Å². The van der Waals surface area contributed by atoms with E-state index in [0.717, 1.165) is 47.8 Å². The molecule has 0 fully saturated rings. The molecule has 7 heteroatoms. The molecule has 30 heavy (non-hydrogen) atoms. The van der Waals surface area contributed by atoms with Gasteiger partial charge in [0.2, 0.25) is 0 Å². The van der Waals surface area contributed by atoms with Crippen LogP contribution in [0.1, 0.15) is 35.6 Å². The quantitative estimate of drug-likeness (QED) is 0.587. The number of aliphatic hydroxyl groups is 1. The van der Waals surface area contributed by atoms with E-state index in [9.17, 15) is 14.7 Å². The summed E-state index contributed by atoms with van der Waals surface area (Å²) in [6, 6.07) is 12.4. The van der Waals surface area contributed by atoms with Gasteiger partial charge >= 0.3 is 5.63 Å². The normalized spacial score (nSPS) is 14.2. The third-order valence-corrected chi connectivity index (χ3v) is 5.61. The fourth-order valence-corrected chi connectivity index (χ4v) is 3.97. The number of aliphatic hydroxyl groups excluding tert-OH is 1. The first kappa shape index (κ1) is 20.4. The van der Waals surface area contributed by atoms with Crippen molar-refractivity contribution in [1.82, 2.24) is 5.32 Å². The van der Waals surface area contributed by atoms with E-state index in [1.165, 1.54) is 0 Å². The van der Waals surface area contributed by atoms with Gasteiger partial charge in [-0.1, -0.05) is 41.9 Å². The van der Waals surface area contributed by atoms with Gasteiger partial charge in [0.15, 0.2) is 6.61 Å². The molecule has 0 unspecified atom stereocenters. The number of benzene rings is 2. The molecular weight excluding hydrogens is 406 g/mol. The van der Waals surface area contributed by atoms with Crippen molar-refractivity contribution in [2.24, 2.45) is 0 Å². The van der Waals surface area contributed by atoms with Crippen LogP contribution in [-0.4, -0.2) is 24.2 Å². The van der Waals surface area contributed by atoms with Gasteiger partial charge in [0.1, 0.15) is 11.3 Å². The summed E-state index contributed by atoms with van der Waals surface area (Å²) in [7, 11) is 0. The van der Waals surface area contributed by atoms with Crippen LogP contribution in [0.3, 0.4) is 0 Å². The molecule has 0 bridgehead atoms. The van der Waals surface area contributed by atoms with Gasteiger partial charge in [-0.2, -0.15) is 0 Å². The van der Waals surface area contributed by atoms with E-state index in [1.807, 2.05) is 18.2 Å². The Bertz CT molecular complexity index is 1130. The molecule has 0 saturated carbocycles. The summed E-state index contributed by atoms with van der Waals surface area (Å²) in [4.78, 5) is 24.4. The van der Waals surface area contributed by atoms with Crippen molar-refractivity contribution in [3.63, 3.8) is 0 Å². The maximum Gasteiger partial charge on any atom is 0.339 e. The molecule has 1 aromatic heterocycles. The molecule has 6 nitrogen and oxygen atoms in total. The van der Waals surface area contributed by atoms with Crippen LogP contribution in [0.5, 0.6) is 5.75 Å². The van der Waals surface area contributed by atoms with Crippen LogP contribution in [0.4, 0.5) is 0 Å². The summed E-state index contributed by atoms with van der Waals surface area (Å²) in [6.07, 6.45) is 2.74. The fourth-order valence-electron chi connectivity index (χ4n) is 3.75. The molecule has 0 spiro atoms. The van der Waals surface area contributed by atoms with E-state index < -0.39 is 12.0 Å². The number of rotatable bonds is 6. The van der Waals surface area contributed by atoms with E-state index in [2.05, 4.69) is 5.32 Å². The highest BCUT2D eigenvalue weighted by Crippen LogP contribution is 2.34. The lowest BCUT2D eigenvalue weighted by molar-refractivity contribution is -0.123. The summed E-state index contributed by atoms with van der Waals surface area (Å²) in [6.45, 7) is -0.208. The molecule has 0 saturated heterocycles. The van der Waals surface area contributed by atoms with Gasteiger partial charge in [-0.15, -0.1) is 0 Å². The van der Waals surface area contributed by atoms with Crippen molar-refractivity contribution in [2.75, 3.05) is 13.2 Å². The van der Waals surface area contributed by atoms with Crippen molar-refractivity contribution in [3.8, 4) is 5.75 Å². The summed E-state index contributed by atoms with van der Waals surface area (Å²) in [5.41, 5.74) is 2.52. The molecule has 0 aliphatic heterocycles. The van der Waals surface area contributed by atoms with E-state index in [0.29, 0.717) is 10.6 Å². The third kappa shape index (κ3) is 4.35. The number of fused-ring (bicyclic) bond motifs is 3. The van der Waals surface area contributed by atoms with Crippen LogP contribution in [0.25, 0.3) is 11.0 Å². The van der Waals surface area contributed by atoms with Crippen molar-refractivity contribution >= 4 is 28.5 Å². The number of carbonyl (C=O) groups excluding carboxylic acids is 1. The highest BCUT2D eigenvalue weighted by atomic mass is 35.5. The largest absolute Gasteiger partial charge is 0.482 e. The number of aryl methyl sites for hydroxylation is 1. The molecule has 0 radical (unpaired) electrons. The topological polar surface area (TPSA) is 88.8 Å². The summed E-state index contributed by atoms with van der Waals surface area (Å²) in [5.74, 6) is -0.130. The number of amides is 1. The summed E-state index contributed by atoms with van der Waals surface area (Å²) in [5, 5.41) is 13.9. The second-order valence-electron chi connectivity index (χ2n) is 7.35. The zero-order chi connectivity index (χ0) is 21.1. The Morgan fingerprint density at radius 1 is 1.17 bits per heavy atom. The maximum absolute atomic E-state index is 12.3. The molecule has 3 aromatic rings. The molecule has 1 aliphatic carbocycles. The number of hydrogen-bond acceptors (Lipinski definition) is 5. The van der Waals surface area contributed by atoms with Crippen LogP contribution < -0.4 is 15.7 Å². The average molecular weight is 428 g/mol. The van der Waals surface area contributed by atoms with Crippen molar-refractivity contribution in [2.45, 2.75) is 31.8 Å². The van der Waals surface area contributed by atoms with Gasteiger partial charge < -0.3 is 19.6 Å². The Labute approximate surface area is 178 Å². The van der Waals surface area contributed by atoms with Gasteiger partial charge in [-0.3, -0.25) is 4.79 Å². The molecule has 1 aliphatic rings. The maximum atomic E-state index is 12.3. The Hall–Kier alpha value is -2.83. The van der Waals surface area contributed by atoms with Crippen LogP contribution in [0.15, 0.2) is 51.7 Å². The van der Waals surface area contributed by atoms with E-state index >= 15 is 0 Å². The highest BCUT2D eigenvalue weighted by Gasteiger charge is 2.20. The SMILES string of the molecule is O=C(COc1cc2oc(=O)c3c(c2cc1Cl)CCCC3)NC[C@H](O)c1ccccc1. The first-order valence-electron chi connectivity index (χ1n) is 9.93. The average Bonchev–Trinajstić information content (AvgIpc) is 2.77. The van der Waals surface area contributed by atoms with Gasteiger partial charge in [-0.05, 0) is 42.9 Å². The molecule has 1 heterocycles. The van der Waals surface area contributed by atoms with Crippen LogP contribution in [0, 0.1) is 0 Å². The second kappa shape index (κ2) is 8.90. The lowest BCUT2D eigenvalue weighted by atomic mass is 9.91. The first-order valence-corrected chi connectivity index (χ1v) is 10.3. The Morgan fingerprint density at radius 3 is 2.67 bits per heavy atom. The standard InChI is InChI=1S/C23H22ClNO5/c24-18-10-17-15-8-4-5-9-16(15)23(28)30-20(17)11-21(18)29-13-22(27)25-12-19(26)14-6-2-1-3-7-14/h1-3,6-7,10-11,19,26H,4-5,8-9,12-13H2,(H,25,27)/t19-/m0/s1. The summed E-state index contributed by atoms with van der Waals surface area (Å²) < 4.78 is 11.0.